The van der Waals surface area contributed by atoms with Gasteiger partial charge in [-0.2, -0.15) is 0 Å². The largest absolute Gasteiger partial charge is 0.497 e. The highest BCUT2D eigenvalue weighted by Crippen LogP contribution is 2.41. The highest BCUT2D eigenvalue weighted by molar-refractivity contribution is 5.97. The van der Waals surface area contributed by atoms with Crippen LogP contribution in [-0.2, 0) is 14.3 Å². The summed E-state index contributed by atoms with van der Waals surface area (Å²) >= 11 is 0. The molecule has 1 atom stereocenters. The van der Waals surface area contributed by atoms with Crippen molar-refractivity contribution in [1.82, 2.24) is 0 Å². The first-order chi connectivity index (χ1) is 15.5. The third kappa shape index (κ3) is 8.29. The topological polar surface area (TPSA) is 78.9 Å². The molecule has 0 radical (unpaired) electrons. The van der Waals surface area contributed by atoms with Crippen molar-refractivity contribution in [2.45, 2.75) is 96.5 Å². The molecule has 0 saturated carbocycles. The molecule has 0 N–H and O–H groups in total. The molecule has 178 valence electrons. The summed E-state index contributed by atoms with van der Waals surface area (Å²) in [4.78, 5) is 34.8. The van der Waals surface area contributed by atoms with Crippen LogP contribution in [0.4, 0.5) is 0 Å². The Morgan fingerprint density at radius 3 is 2.06 bits per heavy atom. The van der Waals surface area contributed by atoms with Crippen LogP contribution in [0.2, 0.25) is 0 Å². The Bertz CT molecular complexity index is 770. The molecule has 0 aliphatic carbocycles. The number of benzene rings is 1. The van der Waals surface area contributed by atoms with Gasteiger partial charge in [0.25, 0.3) is 0 Å². The fourth-order valence-corrected chi connectivity index (χ4v) is 4.16. The van der Waals surface area contributed by atoms with E-state index >= 15 is 0 Å². The summed E-state index contributed by atoms with van der Waals surface area (Å²) in [5.74, 6) is 1.17. The molecule has 0 fully saturated rings. The number of Topliss-reactive ketones (excluding diaryl/α,β-unsaturated/α-hetero) is 2. The number of esters is 1. The normalized spacial score (nSPS) is 14.7. The van der Waals surface area contributed by atoms with Crippen molar-refractivity contribution in [3.63, 3.8) is 0 Å². The first-order valence-corrected chi connectivity index (χ1v) is 11.9. The molecule has 6 heteroatoms. The lowest BCUT2D eigenvalue weighted by Gasteiger charge is -2.12. The number of ether oxygens (including phenoxy) is 3. The lowest BCUT2D eigenvalue weighted by molar-refractivity contribution is -0.123. The average molecular weight is 447 g/mol. The second-order valence-electron chi connectivity index (χ2n) is 8.65. The molecule has 1 aromatic carbocycles. The maximum absolute atomic E-state index is 12.3. The molecular formula is C26H38O6. The van der Waals surface area contributed by atoms with Gasteiger partial charge in [-0.25, -0.2) is 4.79 Å². The van der Waals surface area contributed by atoms with E-state index in [0.29, 0.717) is 36.3 Å². The highest BCUT2D eigenvalue weighted by Gasteiger charge is 2.34. The number of unbranched alkanes of at least 4 members (excludes halogenated alkanes) is 8. The van der Waals surface area contributed by atoms with Crippen LogP contribution in [0.15, 0.2) is 12.1 Å². The number of fused-ring (bicyclic) bond motifs is 1. The zero-order chi connectivity index (χ0) is 23.3. The van der Waals surface area contributed by atoms with Gasteiger partial charge in [0.1, 0.15) is 34.7 Å². The Labute approximate surface area is 192 Å². The number of carbonyl (C=O) groups is 3. The van der Waals surface area contributed by atoms with Gasteiger partial charge in [-0.1, -0.05) is 44.9 Å². The number of hydrogen-bond acceptors (Lipinski definition) is 6. The summed E-state index contributed by atoms with van der Waals surface area (Å²) in [6.07, 6.45) is 12.1. The van der Waals surface area contributed by atoms with Crippen LogP contribution >= 0.6 is 0 Å². The van der Waals surface area contributed by atoms with Gasteiger partial charge in [-0.15, -0.1) is 0 Å². The van der Waals surface area contributed by atoms with E-state index < -0.39 is 0 Å². The van der Waals surface area contributed by atoms with E-state index in [1.807, 2.05) is 6.07 Å². The highest BCUT2D eigenvalue weighted by atomic mass is 16.6. The van der Waals surface area contributed by atoms with E-state index in [0.717, 1.165) is 37.7 Å². The number of carbonyl (C=O) groups excluding carboxylic acids is 3. The zero-order valence-electron chi connectivity index (χ0n) is 19.9. The van der Waals surface area contributed by atoms with Gasteiger partial charge in [0.05, 0.1) is 14.2 Å². The van der Waals surface area contributed by atoms with Crippen LogP contribution in [0.25, 0.3) is 0 Å². The standard InChI is InChI=1S/C26H38O6/c1-19(27)15-16-20(28)13-11-9-7-5-4-6-8-10-12-14-23-22-17-21(30-2)18-24(31-3)25(22)26(29)32-23/h17-18,23H,4-16H2,1-3H3. The molecule has 1 aliphatic heterocycles. The molecular weight excluding hydrogens is 408 g/mol. The van der Waals surface area contributed by atoms with E-state index in [1.165, 1.54) is 39.0 Å². The second kappa shape index (κ2) is 13.9. The second-order valence-corrected chi connectivity index (χ2v) is 8.65. The molecule has 0 bridgehead atoms. The average Bonchev–Trinajstić information content (AvgIpc) is 3.10. The van der Waals surface area contributed by atoms with E-state index in [9.17, 15) is 14.4 Å². The maximum atomic E-state index is 12.3. The summed E-state index contributed by atoms with van der Waals surface area (Å²) in [6.45, 7) is 1.53. The van der Waals surface area contributed by atoms with E-state index in [1.54, 1.807) is 20.3 Å². The summed E-state index contributed by atoms with van der Waals surface area (Å²) < 4.78 is 16.3. The maximum Gasteiger partial charge on any atom is 0.342 e. The van der Waals surface area contributed by atoms with Gasteiger partial charge in [0, 0.05) is 30.9 Å². The minimum atomic E-state index is -0.315. The molecule has 1 aromatic rings. The monoisotopic (exact) mass is 446 g/mol. The van der Waals surface area contributed by atoms with E-state index in [4.69, 9.17) is 14.2 Å². The molecule has 1 heterocycles. The van der Waals surface area contributed by atoms with Crippen molar-refractivity contribution in [2.75, 3.05) is 14.2 Å². The molecule has 0 amide bonds. The SMILES string of the molecule is COc1cc(OC)c2c(c1)C(CCCCCCCCCCCC(=O)CCC(C)=O)OC2=O. The summed E-state index contributed by atoms with van der Waals surface area (Å²) in [5.41, 5.74) is 1.39. The van der Waals surface area contributed by atoms with Crippen molar-refractivity contribution in [2.24, 2.45) is 0 Å². The number of ketones is 2. The third-order valence-corrected chi connectivity index (χ3v) is 6.04. The third-order valence-electron chi connectivity index (χ3n) is 6.04. The molecule has 32 heavy (non-hydrogen) atoms. The molecule has 0 aromatic heterocycles. The quantitative estimate of drug-likeness (QED) is 0.211. The molecule has 0 saturated heterocycles. The lowest BCUT2D eigenvalue weighted by atomic mass is 9.98. The van der Waals surface area contributed by atoms with Crippen molar-refractivity contribution in [1.29, 1.82) is 0 Å². The number of hydrogen-bond donors (Lipinski definition) is 0. The molecule has 0 spiro atoms. The van der Waals surface area contributed by atoms with Crippen molar-refractivity contribution in [3.8, 4) is 11.5 Å². The number of cyclic esters (lactones) is 1. The fraction of sp³-hybridized carbons (Fsp3) is 0.654. The minimum absolute atomic E-state index is 0.0906. The first kappa shape index (κ1) is 25.9. The molecule has 1 aliphatic rings. The Balaban J connectivity index is 1.54. The number of rotatable bonds is 17. The predicted octanol–water partition coefficient (Wildman–Crippen LogP) is 6.14. The Morgan fingerprint density at radius 2 is 1.47 bits per heavy atom. The fourth-order valence-electron chi connectivity index (χ4n) is 4.16. The van der Waals surface area contributed by atoms with Crippen molar-refractivity contribution >= 4 is 17.5 Å². The Kier molecular flexibility index (Phi) is 11.3. The summed E-state index contributed by atoms with van der Waals surface area (Å²) in [7, 11) is 3.15. The van der Waals surface area contributed by atoms with Crippen LogP contribution in [0, 0.1) is 0 Å². The van der Waals surface area contributed by atoms with E-state index in [-0.39, 0.29) is 23.6 Å². The van der Waals surface area contributed by atoms with Crippen LogP contribution in [0.5, 0.6) is 11.5 Å². The van der Waals surface area contributed by atoms with Gasteiger partial charge in [0.15, 0.2) is 0 Å². The van der Waals surface area contributed by atoms with Crippen LogP contribution in [-0.4, -0.2) is 31.8 Å². The van der Waals surface area contributed by atoms with Gasteiger partial charge in [-0.05, 0) is 32.3 Å². The Hall–Kier alpha value is -2.37. The first-order valence-electron chi connectivity index (χ1n) is 11.9. The predicted molar refractivity (Wildman–Crippen MR) is 123 cm³/mol. The van der Waals surface area contributed by atoms with Gasteiger partial charge >= 0.3 is 5.97 Å². The Morgan fingerprint density at radius 1 is 0.844 bits per heavy atom. The van der Waals surface area contributed by atoms with Crippen LogP contribution < -0.4 is 9.47 Å². The smallest absolute Gasteiger partial charge is 0.342 e. The van der Waals surface area contributed by atoms with Crippen molar-refractivity contribution in [3.05, 3.63) is 23.3 Å². The van der Waals surface area contributed by atoms with E-state index in [2.05, 4.69) is 0 Å². The summed E-state index contributed by atoms with van der Waals surface area (Å²) in [5, 5.41) is 0. The van der Waals surface area contributed by atoms with Gasteiger partial charge < -0.3 is 19.0 Å². The lowest BCUT2D eigenvalue weighted by Crippen LogP contribution is -2.01. The number of methoxy groups -OCH3 is 2. The van der Waals surface area contributed by atoms with Crippen LogP contribution in [0.3, 0.4) is 0 Å². The molecule has 6 nitrogen and oxygen atoms in total. The van der Waals surface area contributed by atoms with Gasteiger partial charge in [-0.3, -0.25) is 4.79 Å². The van der Waals surface area contributed by atoms with Crippen molar-refractivity contribution < 1.29 is 28.6 Å². The molecule has 2 rings (SSSR count). The molecule has 1 unspecified atom stereocenters. The summed E-state index contributed by atoms with van der Waals surface area (Å²) in [6, 6.07) is 3.60. The van der Waals surface area contributed by atoms with Crippen LogP contribution in [0.1, 0.15) is 112 Å². The van der Waals surface area contributed by atoms with Gasteiger partial charge in [0.2, 0.25) is 0 Å². The zero-order valence-corrected chi connectivity index (χ0v) is 19.9. The minimum Gasteiger partial charge on any atom is -0.497 e.